The normalized spacial score (nSPS) is 10.5. The molecule has 0 amide bonds. The van der Waals surface area contributed by atoms with Crippen molar-refractivity contribution in [2.45, 2.75) is 20.3 Å². The Balaban J connectivity index is 2.48. The Morgan fingerprint density at radius 2 is 2.11 bits per heavy atom. The van der Waals surface area contributed by atoms with Crippen LogP contribution in [0.25, 0.3) is 0 Å². The molecule has 0 saturated heterocycles. The molecule has 100 valence electrons. The molecule has 0 bridgehead atoms. The Morgan fingerprint density at radius 3 is 2.68 bits per heavy atom. The third-order valence-corrected chi connectivity index (χ3v) is 3.12. The van der Waals surface area contributed by atoms with E-state index in [2.05, 4.69) is 5.10 Å². The summed E-state index contributed by atoms with van der Waals surface area (Å²) in [5.41, 5.74) is 3.11. The van der Waals surface area contributed by atoms with Crippen molar-refractivity contribution in [2.24, 2.45) is 7.05 Å². The second-order valence-electron chi connectivity index (χ2n) is 4.53. The number of ether oxygens (including phenoxy) is 1. The molecule has 0 atom stereocenters. The van der Waals surface area contributed by atoms with Crippen molar-refractivity contribution in [3.05, 3.63) is 46.8 Å². The van der Waals surface area contributed by atoms with E-state index < -0.39 is 0 Å². The van der Waals surface area contributed by atoms with Gasteiger partial charge in [0.05, 0.1) is 18.4 Å². The molecule has 0 aliphatic rings. The number of ketones is 1. The van der Waals surface area contributed by atoms with Gasteiger partial charge >= 0.3 is 0 Å². The van der Waals surface area contributed by atoms with Crippen molar-refractivity contribution in [3.63, 3.8) is 0 Å². The van der Waals surface area contributed by atoms with Gasteiger partial charge in [-0.3, -0.25) is 9.48 Å². The van der Waals surface area contributed by atoms with E-state index in [-0.39, 0.29) is 5.78 Å². The number of carbonyl (C=O) groups is 1. The highest BCUT2D eigenvalue weighted by molar-refractivity contribution is 6.09. The lowest BCUT2D eigenvalue weighted by Gasteiger charge is -2.08. The van der Waals surface area contributed by atoms with Gasteiger partial charge in [0, 0.05) is 7.05 Å². The average molecular weight is 258 g/mol. The third kappa shape index (κ3) is 2.52. The van der Waals surface area contributed by atoms with Gasteiger partial charge in [0.15, 0.2) is 0 Å². The van der Waals surface area contributed by atoms with Crippen LogP contribution in [0.5, 0.6) is 5.75 Å². The molecule has 0 aliphatic carbocycles. The van der Waals surface area contributed by atoms with E-state index in [0.717, 1.165) is 17.7 Å². The van der Waals surface area contributed by atoms with Crippen LogP contribution in [-0.4, -0.2) is 22.7 Å². The smallest absolute Gasteiger partial charge is 0.214 e. The van der Waals surface area contributed by atoms with Crippen LogP contribution in [0, 0.1) is 6.92 Å². The fourth-order valence-electron chi connectivity index (χ4n) is 2.05. The van der Waals surface area contributed by atoms with Crippen molar-refractivity contribution in [1.29, 1.82) is 0 Å². The Kier molecular flexibility index (Phi) is 3.69. The Labute approximate surface area is 113 Å². The van der Waals surface area contributed by atoms with Crippen LogP contribution in [0.3, 0.4) is 0 Å². The number of aryl methyl sites for hydroxylation is 3. The predicted octanol–water partition coefficient (Wildman–Crippen LogP) is 2.53. The fourth-order valence-corrected chi connectivity index (χ4v) is 2.05. The van der Waals surface area contributed by atoms with E-state index >= 15 is 0 Å². The summed E-state index contributed by atoms with van der Waals surface area (Å²) in [4.78, 5) is 12.6. The minimum Gasteiger partial charge on any atom is -0.496 e. The quantitative estimate of drug-likeness (QED) is 0.791. The first-order valence-corrected chi connectivity index (χ1v) is 6.29. The van der Waals surface area contributed by atoms with Crippen molar-refractivity contribution < 1.29 is 9.53 Å². The summed E-state index contributed by atoms with van der Waals surface area (Å²) < 4.78 is 6.89. The molecular weight excluding hydrogens is 240 g/mol. The van der Waals surface area contributed by atoms with Gasteiger partial charge < -0.3 is 4.74 Å². The minimum atomic E-state index is -0.0600. The Bertz CT molecular complexity index is 615. The molecule has 19 heavy (non-hydrogen) atoms. The number of carbonyl (C=O) groups excluding carboxylic acids is 1. The van der Waals surface area contributed by atoms with Gasteiger partial charge in [-0.2, -0.15) is 5.10 Å². The van der Waals surface area contributed by atoms with Gasteiger partial charge in [0.2, 0.25) is 5.78 Å². The second-order valence-corrected chi connectivity index (χ2v) is 4.53. The molecule has 1 heterocycles. The maximum absolute atomic E-state index is 12.6. The maximum atomic E-state index is 12.6. The average Bonchev–Trinajstić information content (AvgIpc) is 2.79. The van der Waals surface area contributed by atoms with E-state index in [9.17, 15) is 4.79 Å². The van der Waals surface area contributed by atoms with Crippen LogP contribution < -0.4 is 4.74 Å². The standard InChI is InChI=1S/C15H18N2O2/c1-5-11-9-13(17(3)16-11)15(18)12-8-10(2)6-7-14(12)19-4/h6-9H,5H2,1-4H3. The fraction of sp³-hybridized carbons (Fsp3) is 0.333. The van der Waals surface area contributed by atoms with Crippen LogP contribution in [0.2, 0.25) is 0 Å². The lowest BCUT2D eigenvalue weighted by molar-refractivity contribution is 0.102. The van der Waals surface area contributed by atoms with Gasteiger partial charge in [-0.15, -0.1) is 0 Å². The molecule has 1 aromatic heterocycles. The molecule has 0 N–H and O–H groups in total. The number of rotatable bonds is 4. The van der Waals surface area contributed by atoms with Crippen LogP contribution in [0.1, 0.15) is 34.2 Å². The number of hydrogen-bond acceptors (Lipinski definition) is 3. The molecule has 2 rings (SSSR count). The zero-order valence-corrected chi connectivity index (χ0v) is 11.7. The van der Waals surface area contributed by atoms with Crippen molar-refractivity contribution >= 4 is 5.78 Å². The lowest BCUT2D eigenvalue weighted by atomic mass is 10.0. The number of aromatic nitrogens is 2. The molecular formula is C15H18N2O2. The number of nitrogens with zero attached hydrogens (tertiary/aromatic N) is 2. The lowest BCUT2D eigenvalue weighted by Crippen LogP contribution is -2.09. The molecule has 0 fully saturated rings. The molecule has 0 spiro atoms. The Morgan fingerprint density at radius 1 is 1.37 bits per heavy atom. The number of methoxy groups -OCH3 is 1. The predicted molar refractivity (Wildman–Crippen MR) is 73.7 cm³/mol. The number of benzene rings is 1. The van der Waals surface area contributed by atoms with Crippen LogP contribution >= 0.6 is 0 Å². The molecule has 4 nitrogen and oxygen atoms in total. The first-order valence-electron chi connectivity index (χ1n) is 6.29. The monoisotopic (exact) mass is 258 g/mol. The number of hydrogen-bond donors (Lipinski definition) is 0. The molecule has 0 radical (unpaired) electrons. The zero-order chi connectivity index (χ0) is 14.0. The SMILES string of the molecule is CCc1cc(C(=O)c2cc(C)ccc2OC)n(C)n1. The summed E-state index contributed by atoms with van der Waals surface area (Å²) in [6.45, 7) is 3.97. The highest BCUT2D eigenvalue weighted by Gasteiger charge is 2.18. The molecule has 0 saturated carbocycles. The highest BCUT2D eigenvalue weighted by atomic mass is 16.5. The van der Waals surface area contributed by atoms with Gasteiger partial charge in [-0.25, -0.2) is 0 Å². The topological polar surface area (TPSA) is 44.1 Å². The van der Waals surface area contributed by atoms with Crippen LogP contribution in [-0.2, 0) is 13.5 Å². The van der Waals surface area contributed by atoms with E-state index in [1.807, 2.05) is 38.1 Å². The summed E-state index contributed by atoms with van der Waals surface area (Å²) in [7, 11) is 3.36. The van der Waals surface area contributed by atoms with Crippen LogP contribution in [0.15, 0.2) is 24.3 Å². The molecule has 2 aromatic rings. The zero-order valence-electron chi connectivity index (χ0n) is 11.7. The highest BCUT2D eigenvalue weighted by Crippen LogP contribution is 2.23. The summed E-state index contributed by atoms with van der Waals surface area (Å²) in [5, 5.41) is 4.31. The summed E-state index contributed by atoms with van der Waals surface area (Å²) in [6, 6.07) is 7.43. The van der Waals surface area contributed by atoms with E-state index in [1.54, 1.807) is 18.8 Å². The molecule has 0 unspecified atom stereocenters. The van der Waals surface area contributed by atoms with E-state index in [1.165, 1.54) is 0 Å². The first kappa shape index (κ1) is 13.3. The van der Waals surface area contributed by atoms with Gasteiger partial charge in [0.25, 0.3) is 0 Å². The molecule has 1 aromatic carbocycles. The first-order chi connectivity index (χ1) is 9.06. The van der Waals surface area contributed by atoms with Crippen LogP contribution in [0.4, 0.5) is 0 Å². The Hall–Kier alpha value is -2.10. The van der Waals surface area contributed by atoms with Crippen molar-refractivity contribution in [3.8, 4) is 5.75 Å². The summed E-state index contributed by atoms with van der Waals surface area (Å²) in [6.07, 6.45) is 0.812. The van der Waals surface area contributed by atoms with Gasteiger partial charge in [-0.05, 0) is 31.5 Å². The summed E-state index contributed by atoms with van der Waals surface area (Å²) >= 11 is 0. The largest absolute Gasteiger partial charge is 0.496 e. The van der Waals surface area contributed by atoms with E-state index in [4.69, 9.17) is 4.74 Å². The minimum absolute atomic E-state index is 0.0600. The molecule has 0 aliphatic heterocycles. The third-order valence-electron chi connectivity index (χ3n) is 3.12. The summed E-state index contributed by atoms with van der Waals surface area (Å²) in [5.74, 6) is 0.532. The van der Waals surface area contributed by atoms with Gasteiger partial charge in [-0.1, -0.05) is 18.6 Å². The second kappa shape index (κ2) is 5.26. The maximum Gasteiger partial charge on any atom is 0.214 e. The van der Waals surface area contributed by atoms with Crippen molar-refractivity contribution in [2.75, 3.05) is 7.11 Å². The van der Waals surface area contributed by atoms with E-state index in [0.29, 0.717) is 17.0 Å². The molecule has 4 heteroatoms. The van der Waals surface area contributed by atoms with Crippen molar-refractivity contribution in [1.82, 2.24) is 9.78 Å². The van der Waals surface area contributed by atoms with Gasteiger partial charge in [0.1, 0.15) is 11.4 Å².